The molecule has 1 atom stereocenters. The first kappa shape index (κ1) is 11.4. The van der Waals surface area contributed by atoms with E-state index in [-0.39, 0.29) is 5.70 Å². The molecule has 7 heteroatoms. The van der Waals surface area contributed by atoms with Crippen molar-refractivity contribution in [3.63, 3.8) is 0 Å². The minimum absolute atomic E-state index is 0.153. The minimum atomic E-state index is -4.44. The van der Waals surface area contributed by atoms with Gasteiger partial charge in [-0.15, -0.1) is 0 Å². The quantitative estimate of drug-likeness (QED) is 0.709. The molecule has 0 aromatic carbocycles. The summed E-state index contributed by atoms with van der Waals surface area (Å²) < 4.78 is 35.6. The van der Waals surface area contributed by atoms with Gasteiger partial charge in [-0.25, -0.2) is 0 Å². The number of hydrogen-bond acceptors (Lipinski definition) is 3. The Balaban J connectivity index is 2.37. The van der Waals surface area contributed by atoms with E-state index in [2.05, 4.69) is 15.2 Å². The van der Waals surface area contributed by atoms with Crippen molar-refractivity contribution in [2.75, 3.05) is 0 Å². The number of hydrogen-bond donors (Lipinski definition) is 0. The van der Waals surface area contributed by atoms with Crippen LogP contribution < -0.4 is 0 Å². The Morgan fingerprint density at radius 2 is 2.00 bits per heavy atom. The summed E-state index contributed by atoms with van der Waals surface area (Å²) in [5.41, 5.74) is 0.541. The number of azo groups is 1. The van der Waals surface area contributed by atoms with Crippen LogP contribution in [0.2, 0.25) is 0 Å². The maximum absolute atomic E-state index is 12.6. The fourth-order valence-electron chi connectivity index (χ4n) is 1.14. The topological polar surface area (TPSA) is 37.6 Å². The number of nitrogens with zero attached hydrogens (tertiary/aromatic N) is 3. The Labute approximate surface area is 99.6 Å². The maximum atomic E-state index is 12.6. The van der Waals surface area contributed by atoms with Crippen molar-refractivity contribution in [1.82, 2.24) is 4.98 Å². The number of alkyl halides is 3. The Bertz CT molecular complexity index is 455. The molecule has 1 aliphatic heterocycles. The monoisotopic (exact) mass is 405 g/mol. The van der Waals surface area contributed by atoms with Crippen LogP contribution in [0.5, 0.6) is 0 Å². The number of rotatable bonds is 1. The number of halogens is 3. The molecule has 0 spiro atoms. The van der Waals surface area contributed by atoms with Gasteiger partial charge >= 0.3 is 99.4 Å². The van der Waals surface area contributed by atoms with Crippen LogP contribution in [0, 0.1) is 0 Å². The molecule has 0 radical (unpaired) electrons. The van der Waals surface area contributed by atoms with E-state index in [1.165, 1.54) is 6.20 Å². The van der Waals surface area contributed by atoms with Gasteiger partial charge in [0.1, 0.15) is 0 Å². The van der Waals surface area contributed by atoms with E-state index in [4.69, 9.17) is 0 Å². The van der Waals surface area contributed by atoms with E-state index in [9.17, 15) is 13.2 Å². The normalized spacial score (nSPS) is 24.7. The summed E-state index contributed by atoms with van der Waals surface area (Å²) in [6.45, 7) is 0. The van der Waals surface area contributed by atoms with Gasteiger partial charge < -0.3 is 0 Å². The van der Waals surface area contributed by atoms with Crippen LogP contribution >= 0.6 is 0 Å². The average Bonchev–Trinajstić information content (AvgIpc) is 2.63. The molecule has 0 aliphatic carbocycles. The van der Waals surface area contributed by atoms with Gasteiger partial charge in [0.05, 0.1) is 0 Å². The molecule has 2 heterocycles. The zero-order chi connectivity index (χ0) is 11.8. The molecule has 16 heavy (non-hydrogen) atoms. The molecule has 1 aromatic rings. The molecule has 1 aliphatic rings. The summed E-state index contributed by atoms with van der Waals surface area (Å²) in [5.74, 6) is 0. The molecule has 0 fully saturated rings. The van der Waals surface area contributed by atoms with Crippen LogP contribution in [-0.2, 0) is 18.9 Å². The summed E-state index contributed by atoms with van der Waals surface area (Å²) in [6.07, 6.45) is -1.96. The van der Waals surface area contributed by atoms with E-state index < -0.39 is 10.2 Å². The first-order chi connectivity index (χ1) is 7.42. The first-order valence-electron chi connectivity index (χ1n) is 4.23. The Hall–Kier alpha value is -1.07. The van der Waals surface area contributed by atoms with Crippen molar-refractivity contribution in [1.29, 1.82) is 0 Å². The Morgan fingerprint density at radius 3 is 2.50 bits per heavy atom. The first-order valence-corrected chi connectivity index (χ1v) is 5.43. The van der Waals surface area contributed by atoms with Crippen molar-refractivity contribution < 1.29 is 32.1 Å². The van der Waals surface area contributed by atoms with Crippen LogP contribution in [0.3, 0.4) is 0 Å². The van der Waals surface area contributed by atoms with E-state index in [0.717, 1.165) is 25.0 Å². The van der Waals surface area contributed by atoms with Gasteiger partial charge in [-0.2, -0.15) is 0 Å². The molecule has 2 rings (SSSR count). The molecule has 0 bridgehead atoms. The summed E-state index contributed by atoms with van der Waals surface area (Å²) in [4.78, 5) is 3.92. The van der Waals surface area contributed by atoms with E-state index in [0.29, 0.717) is 5.69 Å². The predicted octanol–water partition coefficient (Wildman–Crippen LogP) is 2.69. The fraction of sp³-hybridized carbons (Fsp3) is 0.222. The van der Waals surface area contributed by atoms with E-state index in [1.807, 2.05) is 0 Å². The van der Waals surface area contributed by atoms with Gasteiger partial charge in [0, 0.05) is 0 Å². The van der Waals surface area contributed by atoms with Crippen molar-refractivity contribution in [3.05, 3.63) is 36.2 Å². The Kier molecular flexibility index (Phi) is 2.67. The van der Waals surface area contributed by atoms with Gasteiger partial charge in [-0.1, -0.05) is 0 Å². The van der Waals surface area contributed by atoms with Gasteiger partial charge in [0.15, 0.2) is 0 Å². The van der Waals surface area contributed by atoms with Crippen molar-refractivity contribution in [2.45, 2.75) is 10.2 Å². The van der Waals surface area contributed by atoms with Crippen LogP contribution in [-0.4, -0.2) is 15.2 Å². The number of aromatic nitrogens is 1. The second kappa shape index (κ2) is 3.75. The van der Waals surface area contributed by atoms with E-state index in [1.54, 1.807) is 18.2 Å². The van der Waals surface area contributed by atoms with Gasteiger partial charge in [-0.3, -0.25) is 0 Å². The average molecular weight is 404 g/mol. The molecule has 1 unspecified atom stereocenters. The molecule has 86 valence electrons. The van der Waals surface area contributed by atoms with Crippen LogP contribution in [0.15, 0.2) is 40.7 Å². The molecular formula is C9H5F3IrN3. The molecular weight excluding hydrogens is 399 g/mol. The van der Waals surface area contributed by atoms with Crippen molar-refractivity contribution in [2.24, 2.45) is 10.2 Å². The third-order valence-electron chi connectivity index (χ3n) is 1.93. The Morgan fingerprint density at radius 1 is 1.25 bits per heavy atom. The predicted molar refractivity (Wildman–Crippen MR) is 45.9 cm³/mol. The van der Waals surface area contributed by atoms with Crippen LogP contribution in [0.1, 0.15) is 5.69 Å². The van der Waals surface area contributed by atoms with Gasteiger partial charge in [-0.05, 0) is 0 Å². The SMILES string of the molecule is FC(F)(F)[C]1([Ir])C=C(c2ccccn2)N=N1. The molecule has 1 aromatic heterocycles. The summed E-state index contributed by atoms with van der Waals surface area (Å²) in [6, 6.07) is 4.95. The fourth-order valence-corrected chi connectivity index (χ4v) is 1.58. The molecule has 0 amide bonds. The standard InChI is InChI=1S/C9H5F3N3.Ir/c10-9(11,12)8-5-7(14-15-8)6-3-1-2-4-13-6;/h1-5H;. The second-order valence-corrected chi connectivity index (χ2v) is 4.91. The third-order valence-corrected chi connectivity index (χ3v) is 3.20. The molecule has 3 nitrogen and oxygen atoms in total. The summed E-state index contributed by atoms with van der Waals surface area (Å²) >= 11 is 0.979. The zero-order valence-corrected chi connectivity index (χ0v) is 10.1. The van der Waals surface area contributed by atoms with Gasteiger partial charge in [0.25, 0.3) is 0 Å². The molecule has 0 saturated heterocycles. The second-order valence-electron chi connectivity index (χ2n) is 3.08. The van der Waals surface area contributed by atoms with E-state index >= 15 is 0 Å². The third kappa shape index (κ3) is 1.92. The van der Waals surface area contributed by atoms with Crippen LogP contribution in [0.25, 0.3) is 5.70 Å². The zero-order valence-electron chi connectivity index (χ0n) is 7.70. The molecule has 0 N–H and O–H groups in total. The van der Waals surface area contributed by atoms with Crippen LogP contribution in [0.4, 0.5) is 13.2 Å². The summed E-state index contributed by atoms with van der Waals surface area (Å²) in [7, 11) is 0. The summed E-state index contributed by atoms with van der Waals surface area (Å²) in [5, 5.41) is 6.79. The number of pyridine rings is 1. The van der Waals surface area contributed by atoms with Crippen molar-refractivity contribution >= 4 is 5.70 Å². The van der Waals surface area contributed by atoms with Gasteiger partial charge in [0.2, 0.25) is 0 Å². The van der Waals surface area contributed by atoms with Crippen molar-refractivity contribution in [3.8, 4) is 0 Å². The molecule has 0 saturated carbocycles.